The van der Waals surface area contributed by atoms with Gasteiger partial charge in [0.15, 0.2) is 0 Å². The highest BCUT2D eigenvalue weighted by atomic mass is 35.5. The molecule has 0 saturated heterocycles. The lowest BCUT2D eigenvalue weighted by atomic mass is 10.2. The van der Waals surface area contributed by atoms with Gasteiger partial charge in [-0.25, -0.2) is 4.79 Å². The number of rotatable bonds is 8. The minimum Gasteiger partial charge on any atom is -0.481 e. The SMILES string of the molecule is CC(CN(C)C(=O)NCCCC(=O)Nc1ccc(Cl)cc1)C(=O)O. The molecule has 24 heavy (non-hydrogen) atoms. The number of carboxylic acid groups (broad SMARTS) is 1. The van der Waals surface area contributed by atoms with Crippen molar-refractivity contribution in [1.82, 2.24) is 10.2 Å². The third-order valence-electron chi connectivity index (χ3n) is 3.30. The van der Waals surface area contributed by atoms with E-state index < -0.39 is 11.9 Å². The van der Waals surface area contributed by atoms with E-state index in [0.29, 0.717) is 23.7 Å². The molecule has 0 heterocycles. The first-order chi connectivity index (χ1) is 11.3. The summed E-state index contributed by atoms with van der Waals surface area (Å²) in [6.07, 6.45) is 0.742. The largest absolute Gasteiger partial charge is 0.481 e. The quantitative estimate of drug-likeness (QED) is 0.623. The van der Waals surface area contributed by atoms with E-state index in [1.54, 1.807) is 24.3 Å². The molecule has 0 aliphatic rings. The van der Waals surface area contributed by atoms with E-state index in [0.717, 1.165) is 0 Å². The van der Waals surface area contributed by atoms with Gasteiger partial charge in [-0.15, -0.1) is 0 Å². The molecule has 0 bridgehead atoms. The Kier molecular flexibility index (Phi) is 8.05. The van der Waals surface area contributed by atoms with Gasteiger partial charge in [0.05, 0.1) is 5.92 Å². The highest BCUT2D eigenvalue weighted by molar-refractivity contribution is 6.30. The number of carbonyl (C=O) groups excluding carboxylic acids is 2. The number of aliphatic carboxylic acids is 1. The Labute approximate surface area is 146 Å². The molecule has 132 valence electrons. The van der Waals surface area contributed by atoms with Gasteiger partial charge >= 0.3 is 12.0 Å². The molecule has 1 rings (SSSR count). The van der Waals surface area contributed by atoms with Crippen LogP contribution >= 0.6 is 11.6 Å². The zero-order valence-corrected chi connectivity index (χ0v) is 14.5. The van der Waals surface area contributed by atoms with Crippen molar-refractivity contribution < 1.29 is 19.5 Å². The standard InChI is InChI=1S/C16H22ClN3O4/c1-11(15(22)23)10-20(2)16(24)18-9-3-4-14(21)19-13-7-5-12(17)6-8-13/h5-8,11H,3-4,9-10H2,1-2H3,(H,18,24)(H,19,21)(H,22,23). The third kappa shape index (κ3) is 7.32. The van der Waals surface area contributed by atoms with E-state index in [1.165, 1.54) is 18.9 Å². The van der Waals surface area contributed by atoms with Crippen LogP contribution in [0.15, 0.2) is 24.3 Å². The molecule has 3 N–H and O–H groups in total. The highest BCUT2D eigenvalue weighted by Gasteiger charge is 2.16. The highest BCUT2D eigenvalue weighted by Crippen LogP contribution is 2.13. The average Bonchev–Trinajstić information content (AvgIpc) is 2.53. The molecule has 0 aliphatic heterocycles. The molecule has 1 aromatic rings. The van der Waals surface area contributed by atoms with Crippen LogP contribution in [-0.2, 0) is 9.59 Å². The molecular weight excluding hydrogens is 334 g/mol. The fourth-order valence-electron chi connectivity index (χ4n) is 1.91. The molecule has 0 aromatic heterocycles. The van der Waals surface area contributed by atoms with Crippen molar-refractivity contribution in [3.05, 3.63) is 29.3 Å². The first-order valence-corrected chi connectivity index (χ1v) is 7.94. The van der Waals surface area contributed by atoms with Crippen LogP contribution < -0.4 is 10.6 Å². The molecule has 0 spiro atoms. The predicted molar refractivity (Wildman–Crippen MR) is 92.1 cm³/mol. The number of halogens is 1. The van der Waals surface area contributed by atoms with Crippen LogP contribution in [0.5, 0.6) is 0 Å². The molecule has 1 atom stereocenters. The lowest BCUT2D eigenvalue weighted by molar-refractivity contribution is -0.141. The number of benzene rings is 1. The fraction of sp³-hybridized carbons (Fsp3) is 0.438. The summed E-state index contributed by atoms with van der Waals surface area (Å²) in [5.74, 6) is -1.74. The van der Waals surface area contributed by atoms with Crippen molar-refractivity contribution >= 4 is 35.2 Å². The van der Waals surface area contributed by atoms with E-state index in [1.807, 2.05) is 0 Å². The monoisotopic (exact) mass is 355 g/mol. The van der Waals surface area contributed by atoms with Crippen LogP contribution in [0.4, 0.5) is 10.5 Å². The smallest absolute Gasteiger partial charge is 0.317 e. The Morgan fingerprint density at radius 2 is 1.88 bits per heavy atom. The van der Waals surface area contributed by atoms with E-state index in [2.05, 4.69) is 10.6 Å². The fourth-order valence-corrected chi connectivity index (χ4v) is 2.03. The second-order valence-electron chi connectivity index (χ2n) is 5.51. The van der Waals surface area contributed by atoms with Gasteiger partial charge in [-0.05, 0) is 30.7 Å². The first-order valence-electron chi connectivity index (χ1n) is 7.56. The van der Waals surface area contributed by atoms with Crippen LogP contribution in [-0.4, -0.2) is 48.1 Å². The van der Waals surface area contributed by atoms with E-state index >= 15 is 0 Å². The minimum atomic E-state index is -0.950. The van der Waals surface area contributed by atoms with Gasteiger partial charge in [0.2, 0.25) is 5.91 Å². The number of nitrogens with zero attached hydrogens (tertiary/aromatic N) is 1. The lowest BCUT2D eigenvalue weighted by Gasteiger charge is -2.19. The molecule has 8 heteroatoms. The van der Waals surface area contributed by atoms with Crippen LogP contribution in [0.1, 0.15) is 19.8 Å². The summed E-state index contributed by atoms with van der Waals surface area (Å²) < 4.78 is 0. The number of hydrogen-bond acceptors (Lipinski definition) is 3. The maximum atomic E-state index is 11.8. The normalized spacial score (nSPS) is 11.5. The van der Waals surface area contributed by atoms with Crippen LogP contribution in [0.2, 0.25) is 5.02 Å². The zero-order chi connectivity index (χ0) is 18.1. The summed E-state index contributed by atoms with van der Waals surface area (Å²) >= 11 is 5.77. The van der Waals surface area contributed by atoms with E-state index in [9.17, 15) is 14.4 Å². The molecule has 0 radical (unpaired) electrons. The molecular formula is C16H22ClN3O4. The number of nitrogens with one attached hydrogen (secondary N) is 2. The third-order valence-corrected chi connectivity index (χ3v) is 3.55. The van der Waals surface area contributed by atoms with Gasteiger partial charge in [0.1, 0.15) is 0 Å². The van der Waals surface area contributed by atoms with Crippen molar-refractivity contribution in [1.29, 1.82) is 0 Å². The van der Waals surface area contributed by atoms with Crippen molar-refractivity contribution in [3.63, 3.8) is 0 Å². The molecule has 1 unspecified atom stereocenters. The number of anilines is 1. The zero-order valence-electron chi connectivity index (χ0n) is 13.7. The lowest BCUT2D eigenvalue weighted by Crippen LogP contribution is -2.41. The molecule has 0 fully saturated rings. The van der Waals surface area contributed by atoms with Crippen molar-refractivity contribution in [2.75, 3.05) is 25.5 Å². The van der Waals surface area contributed by atoms with Crippen LogP contribution in [0.25, 0.3) is 0 Å². The summed E-state index contributed by atoms with van der Waals surface area (Å²) in [6.45, 7) is 1.99. The van der Waals surface area contributed by atoms with Gasteiger partial charge < -0.3 is 20.6 Å². The number of hydrogen-bond donors (Lipinski definition) is 3. The van der Waals surface area contributed by atoms with Gasteiger partial charge in [-0.1, -0.05) is 18.5 Å². The van der Waals surface area contributed by atoms with Crippen molar-refractivity contribution in [2.45, 2.75) is 19.8 Å². The summed E-state index contributed by atoms with van der Waals surface area (Å²) in [5.41, 5.74) is 0.663. The second kappa shape index (κ2) is 9.77. The van der Waals surface area contributed by atoms with Crippen molar-refractivity contribution in [2.24, 2.45) is 5.92 Å². The molecule has 1 aromatic carbocycles. The van der Waals surface area contributed by atoms with Crippen LogP contribution in [0, 0.1) is 5.92 Å². The molecule has 7 nitrogen and oxygen atoms in total. The Bertz CT molecular complexity index is 577. The maximum Gasteiger partial charge on any atom is 0.317 e. The number of carboxylic acids is 1. The minimum absolute atomic E-state index is 0.123. The van der Waals surface area contributed by atoms with E-state index in [4.69, 9.17) is 16.7 Å². The predicted octanol–water partition coefficient (Wildman–Crippen LogP) is 2.42. The Balaban J connectivity index is 2.22. The Morgan fingerprint density at radius 3 is 2.46 bits per heavy atom. The van der Waals surface area contributed by atoms with Gasteiger partial charge in [-0.3, -0.25) is 9.59 Å². The summed E-state index contributed by atoms with van der Waals surface area (Å²) in [4.78, 5) is 35.6. The van der Waals surface area contributed by atoms with E-state index in [-0.39, 0.29) is 24.9 Å². The summed E-state index contributed by atoms with van der Waals surface area (Å²) in [6, 6.07) is 6.43. The Hall–Kier alpha value is -2.28. The van der Waals surface area contributed by atoms with Crippen LogP contribution in [0.3, 0.4) is 0 Å². The maximum absolute atomic E-state index is 11.8. The number of carbonyl (C=O) groups is 3. The van der Waals surface area contributed by atoms with Gasteiger partial charge in [0.25, 0.3) is 0 Å². The molecule has 0 saturated carbocycles. The average molecular weight is 356 g/mol. The van der Waals surface area contributed by atoms with Crippen molar-refractivity contribution in [3.8, 4) is 0 Å². The Morgan fingerprint density at radius 1 is 1.25 bits per heavy atom. The topological polar surface area (TPSA) is 98.7 Å². The summed E-state index contributed by atoms with van der Waals surface area (Å²) in [7, 11) is 1.53. The molecule has 0 aliphatic carbocycles. The second-order valence-corrected chi connectivity index (χ2v) is 5.95. The van der Waals surface area contributed by atoms with Gasteiger partial charge in [-0.2, -0.15) is 0 Å². The van der Waals surface area contributed by atoms with Gasteiger partial charge in [0, 0.05) is 37.3 Å². The number of urea groups is 1. The summed E-state index contributed by atoms with van der Waals surface area (Å²) in [5, 5.41) is 14.8. The first kappa shape index (κ1) is 19.8. The molecule has 3 amide bonds. The number of amides is 3.